The minimum absolute atomic E-state index is 0.0829. The van der Waals surface area contributed by atoms with Gasteiger partial charge in [-0.2, -0.15) is 5.26 Å². The van der Waals surface area contributed by atoms with Crippen molar-refractivity contribution in [1.29, 1.82) is 5.26 Å². The number of carbonyl (C=O) groups is 1. The number of amides is 1. The highest BCUT2D eigenvalue weighted by Gasteiger charge is 2.67. The zero-order valence-corrected chi connectivity index (χ0v) is 37.3. The lowest BCUT2D eigenvalue weighted by atomic mass is 9.79. The van der Waals surface area contributed by atoms with Gasteiger partial charge in [0.25, 0.3) is 5.91 Å². The Morgan fingerprint density at radius 1 is 0.937 bits per heavy atom. The van der Waals surface area contributed by atoms with Gasteiger partial charge in [0, 0.05) is 17.6 Å². The van der Waals surface area contributed by atoms with E-state index in [9.17, 15) is 10.1 Å². The first-order valence-electron chi connectivity index (χ1n) is 21.2. The summed E-state index contributed by atoms with van der Waals surface area (Å²) < 4.78 is 44.3. The van der Waals surface area contributed by atoms with Crippen LogP contribution in [0.25, 0.3) is 0 Å². The SMILES string of the molecule is COc1ccc(C(OC[C@@]23CO[C@@H]([C@H](n4cnc5c4N=CNC5NC(=O)c4ccccc4)O2)[C@@H]3P(OCCC#N)N(C(C)C)C(C)C)(c2ccccc2)c2ccc(OC)cc2)cc1. The molecule has 0 spiro atoms. The monoisotopic (exact) mass is 871 g/mol. The predicted molar refractivity (Wildman–Crippen MR) is 240 cm³/mol. The summed E-state index contributed by atoms with van der Waals surface area (Å²) in [5, 5.41) is 15.9. The van der Waals surface area contributed by atoms with Crippen molar-refractivity contribution in [2.75, 3.05) is 34.0 Å². The van der Waals surface area contributed by atoms with Gasteiger partial charge in [-0.25, -0.2) is 9.98 Å². The van der Waals surface area contributed by atoms with Crippen LogP contribution in [0.2, 0.25) is 0 Å². The molecule has 0 aliphatic carbocycles. The quantitative estimate of drug-likeness (QED) is 0.0501. The number of benzene rings is 4. The summed E-state index contributed by atoms with van der Waals surface area (Å²) in [6.07, 6.45) is 1.60. The molecule has 6 atom stereocenters. The van der Waals surface area contributed by atoms with Crippen LogP contribution in [-0.2, 0) is 24.3 Å². The Balaban J connectivity index is 1.24. The lowest BCUT2D eigenvalue weighted by Crippen LogP contribution is -2.50. The maximum absolute atomic E-state index is 13.3. The molecule has 2 bridgehead atoms. The van der Waals surface area contributed by atoms with Crippen LogP contribution in [0.5, 0.6) is 11.5 Å². The number of ether oxygens (including phenoxy) is 5. The average molecular weight is 872 g/mol. The number of hydrogen-bond donors (Lipinski definition) is 2. The van der Waals surface area contributed by atoms with Gasteiger partial charge in [-0.05, 0) is 80.8 Å². The van der Waals surface area contributed by atoms with Crippen LogP contribution in [0, 0.1) is 11.3 Å². The van der Waals surface area contributed by atoms with Crippen molar-refractivity contribution in [3.05, 3.63) is 143 Å². The summed E-state index contributed by atoms with van der Waals surface area (Å²) >= 11 is 0. The van der Waals surface area contributed by atoms with Crippen molar-refractivity contribution in [3.63, 3.8) is 0 Å². The number of nitrogens with zero attached hydrogens (tertiary/aromatic N) is 5. The molecular formula is C48H54N7O7P. The zero-order valence-electron chi connectivity index (χ0n) is 36.4. The summed E-state index contributed by atoms with van der Waals surface area (Å²) in [4.78, 5) is 22.9. The molecule has 1 amide bonds. The van der Waals surface area contributed by atoms with Crippen LogP contribution in [0.15, 0.2) is 121 Å². The van der Waals surface area contributed by atoms with Gasteiger partial charge in [0.1, 0.15) is 49.0 Å². The van der Waals surface area contributed by atoms with E-state index in [2.05, 4.69) is 61.2 Å². The Hall–Kier alpha value is -5.65. The molecule has 3 aliphatic heterocycles. The van der Waals surface area contributed by atoms with Crippen LogP contribution in [-0.4, -0.2) is 90.0 Å². The van der Waals surface area contributed by atoms with Gasteiger partial charge < -0.3 is 38.8 Å². The molecule has 14 nitrogen and oxygen atoms in total. The molecule has 5 aromatic rings. The van der Waals surface area contributed by atoms with E-state index in [1.54, 1.807) is 39.0 Å². The highest BCUT2D eigenvalue weighted by atomic mass is 31.2. The molecule has 63 heavy (non-hydrogen) atoms. The topological polar surface area (TPSA) is 154 Å². The average Bonchev–Trinajstić information content (AvgIpc) is 4.00. The van der Waals surface area contributed by atoms with Crippen molar-refractivity contribution >= 4 is 26.4 Å². The molecule has 328 valence electrons. The fourth-order valence-electron chi connectivity index (χ4n) is 8.96. The lowest BCUT2D eigenvalue weighted by Gasteiger charge is -2.44. The number of hydrogen-bond acceptors (Lipinski definition) is 12. The molecule has 2 saturated heterocycles. The third kappa shape index (κ3) is 8.45. The fourth-order valence-corrected chi connectivity index (χ4v) is 11.8. The van der Waals surface area contributed by atoms with Gasteiger partial charge in [0.15, 0.2) is 12.0 Å². The van der Waals surface area contributed by atoms with E-state index < -0.39 is 38.0 Å². The summed E-state index contributed by atoms with van der Waals surface area (Å²) in [5.74, 6) is 1.71. The van der Waals surface area contributed by atoms with Crippen LogP contribution in [0.1, 0.15) is 79.3 Å². The normalized spacial score (nSPS) is 21.8. The first kappa shape index (κ1) is 44.0. The Labute approximate surface area is 370 Å². The molecule has 0 saturated carbocycles. The van der Waals surface area contributed by atoms with Gasteiger partial charge in [-0.1, -0.05) is 72.8 Å². The first-order chi connectivity index (χ1) is 30.6. The summed E-state index contributed by atoms with van der Waals surface area (Å²) in [7, 11) is 1.81. The number of imidazole rings is 1. The Bertz CT molecular complexity index is 2340. The highest BCUT2D eigenvalue weighted by molar-refractivity contribution is 7.51. The van der Waals surface area contributed by atoms with Crippen LogP contribution < -0.4 is 20.1 Å². The summed E-state index contributed by atoms with van der Waals surface area (Å²) in [5.41, 5.74) is 1.16. The van der Waals surface area contributed by atoms with Crippen molar-refractivity contribution in [1.82, 2.24) is 24.9 Å². The summed E-state index contributed by atoms with van der Waals surface area (Å²) in [6, 6.07) is 37.5. The molecule has 8 rings (SSSR count). The number of nitriles is 1. The number of aromatic nitrogens is 2. The lowest BCUT2D eigenvalue weighted by molar-refractivity contribution is -0.198. The highest BCUT2D eigenvalue weighted by Crippen LogP contribution is 2.64. The maximum Gasteiger partial charge on any atom is 0.253 e. The Morgan fingerprint density at radius 3 is 2.13 bits per heavy atom. The standard InChI is InChI=1S/C48H54N7O7P/c1-32(2)55(33(3)4)63(61-27-13-26-49)42-41-46(54-31-52-40-43(50-30-51-44(40)54)53-45(56)34-14-9-7-10-15-34)62-47(42,28-59-41)29-60-48(35-16-11-8-12-17-35,36-18-22-38(57-5)23-19-36)37-20-24-39(58-6)25-21-37/h7-12,14-25,30-33,41-43,46H,13,27-29H2,1-6H3,(H,50,51)(H,53,56)/t41-,42+,43?,46-,47-,63?/m1/s1. The van der Waals surface area contributed by atoms with Crippen LogP contribution >= 0.6 is 8.30 Å². The van der Waals surface area contributed by atoms with Crippen molar-refractivity contribution < 1.29 is 33.0 Å². The molecule has 15 heteroatoms. The van der Waals surface area contributed by atoms with E-state index in [4.69, 9.17) is 38.2 Å². The molecule has 2 N–H and O–H groups in total. The summed E-state index contributed by atoms with van der Waals surface area (Å²) in [6.45, 7) is 9.19. The minimum Gasteiger partial charge on any atom is -0.497 e. The molecule has 0 radical (unpaired) electrons. The smallest absolute Gasteiger partial charge is 0.253 e. The van der Waals surface area contributed by atoms with E-state index in [0.29, 0.717) is 28.6 Å². The predicted octanol–water partition coefficient (Wildman–Crippen LogP) is 8.00. The Morgan fingerprint density at radius 2 is 1.54 bits per heavy atom. The van der Waals surface area contributed by atoms with E-state index in [-0.39, 0.29) is 49.9 Å². The van der Waals surface area contributed by atoms with Crippen molar-refractivity contribution in [2.45, 2.75) is 81.6 Å². The number of fused-ring (bicyclic) bond motifs is 3. The van der Waals surface area contributed by atoms with Gasteiger partial charge >= 0.3 is 0 Å². The molecular weight excluding hydrogens is 818 g/mol. The van der Waals surface area contributed by atoms with Gasteiger partial charge in [0.05, 0.1) is 64.9 Å². The molecule has 3 aliphatic rings. The minimum atomic E-state index is -1.49. The van der Waals surface area contributed by atoms with Gasteiger partial charge in [0.2, 0.25) is 0 Å². The third-order valence-electron chi connectivity index (χ3n) is 11.8. The largest absolute Gasteiger partial charge is 0.497 e. The number of rotatable bonds is 18. The second kappa shape index (κ2) is 19.0. The number of nitrogens with one attached hydrogen (secondary N) is 2. The molecule has 4 heterocycles. The number of carbonyl (C=O) groups excluding carboxylic acids is 1. The Kier molecular flexibility index (Phi) is 13.3. The third-order valence-corrected chi connectivity index (χ3v) is 14.8. The van der Waals surface area contributed by atoms with Crippen molar-refractivity contribution in [3.8, 4) is 17.6 Å². The number of methoxy groups -OCH3 is 2. The van der Waals surface area contributed by atoms with E-state index in [0.717, 1.165) is 16.7 Å². The molecule has 2 unspecified atom stereocenters. The van der Waals surface area contributed by atoms with Crippen LogP contribution in [0.3, 0.4) is 0 Å². The second-order valence-electron chi connectivity index (χ2n) is 16.3. The first-order valence-corrected chi connectivity index (χ1v) is 22.5. The molecule has 4 aromatic carbocycles. The second-order valence-corrected chi connectivity index (χ2v) is 18.1. The van der Waals surface area contributed by atoms with Gasteiger partial charge in [-0.3, -0.25) is 14.0 Å². The van der Waals surface area contributed by atoms with Crippen LogP contribution in [0.4, 0.5) is 5.82 Å². The van der Waals surface area contributed by atoms with E-state index in [1.165, 1.54) is 0 Å². The zero-order chi connectivity index (χ0) is 44.1. The maximum atomic E-state index is 13.3. The van der Waals surface area contributed by atoms with E-state index in [1.807, 2.05) is 89.5 Å². The van der Waals surface area contributed by atoms with E-state index >= 15 is 0 Å². The van der Waals surface area contributed by atoms with Gasteiger partial charge in [-0.15, -0.1) is 0 Å². The molecule has 2 fully saturated rings. The van der Waals surface area contributed by atoms with Crippen molar-refractivity contribution in [2.24, 2.45) is 4.99 Å². The number of aliphatic imine (C=N–C) groups is 1. The molecule has 1 aromatic heterocycles. The fraction of sp³-hybridized carbons (Fsp3) is 0.375.